The van der Waals surface area contributed by atoms with E-state index in [9.17, 15) is 18.6 Å². The smallest absolute Gasteiger partial charge is 0.254 e. The maximum atomic E-state index is 12.4. The summed E-state index contributed by atoms with van der Waals surface area (Å²) in [4.78, 5) is 28.7. The number of aliphatic hydroxyl groups is 1. The van der Waals surface area contributed by atoms with Crippen LogP contribution in [0, 0.1) is 0 Å². The van der Waals surface area contributed by atoms with Crippen molar-refractivity contribution >= 4 is 12.2 Å². The van der Waals surface area contributed by atoms with Gasteiger partial charge in [-0.15, -0.1) is 0 Å². The Hall–Kier alpha value is -3.87. The van der Waals surface area contributed by atoms with Crippen molar-refractivity contribution in [3.63, 3.8) is 0 Å². The molecule has 0 spiro atoms. The van der Waals surface area contributed by atoms with E-state index in [0.29, 0.717) is 17.9 Å². The molecule has 0 unspecified atom stereocenters. The van der Waals surface area contributed by atoms with Gasteiger partial charge < -0.3 is 29.7 Å². The second kappa shape index (κ2) is 14.9. The molecule has 1 aliphatic heterocycles. The van der Waals surface area contributed by atoms with Crippen LogP contribution in [0.15, 0.2) is 54.9 Å². The van der Waals surface area contributed by atoms with E-state index in [1.807, 2.05) is 24.4 Å². The fourth-order valence-corrected chi connectivity index (χ4v) is 4.01. The molecule has 0 atom stereocenters. The van der Waals surface area contributed by atoms with Gasteiger partial charge >= 0.3 is 0 Å². The normalized spacial score (nSPS) is 13.9. The van der Waals surface area contributed by atoms with Gasteiger partial charge in [-0.25, -0.2) is 0 Å². The van der Waals surface area contributed by atoms with Gasteiger partial charge in [-0.1, -0.05) is 27.2 Å². The molecule has 39 heavy (non-hydrogen) atoms. The molecule has 0 aliphatic carbocycles. The Balaban J connectivity index is 0.000000272. The molecule has 2 N–H and O–H groups in total. The van der Waals surface area contributed by atoms with Crippen molar-refractivity contribution in [1.29, 1.82) is 0 Å². The molecule has 3 aromatic rings. The van der Waals surface area contributed by atoms with Gasteiger partial charge in [-0.05, 0) is 55.3 Å². The standard InChI is InChI=1S/C19H26N4O3.C8H7F2NO2/c1-20-19(25)17-11-14(15-12-21-23(13-15)9-10-24)3-4-18(17)26-16-5-7-22(2)8-6-16;9-11(10)13-8-3-1-7(2-4-8)5-6-12/h3-4,11-13,16,24H,5-10H2,1-2H3,(H,20,25);1-4,6H,5H2. The van der Waals surface area contributed by atoms with E-state index in [1.54, 1.807) is 30.1 Å². The van der Waals surface area contributed by atoms with Crippen LogP contribution in [-0.2, 0) is 17.8 Å². The number of carbonyl (C=O) groups excluding carboxylic acids is 2. The maximum Gasteiger partial charge on any atom is 0.254 e. The van der Waals surface area contributed by atoms with Crippen LogP contribution in [0.5, 0.6) is 11.5 Å². The quantitative estimate of drug-likeness (QED) is 0.227. The maximum absolute atomic E-state index is 12.4. The molecule has 1 amide bonds. The second-order valence-electron chi connectivity index (χ2n) is 8.93. The van der Waals surface area contributed by atoms with Crippen LogP contribution in [0.3, 0.4) is 0 Å². The van der Waals surface area contributed by atoms with Crippen LogP contribution in [0.1, 0.15) is 28.8 Å². The first kappa shape index (κ1) is 29.7. The van der Waals surface area contributed by atoms with Crippen molar-refractivity contribution in [3.8, 4) is 22.6 Å². The zero-order valence-corrected chi connectivity index (χ0v) is 21.9. The lowest BCUT2D eigenvalue weighted by Crippen LogP contribution is -2.36. The van der Waals surface area contributed by atoms with Gasteiger partial charge in [-0.3, -0.25) is 9.48 Å². The highest BCUT2D eigenvalue weighted by Crippen LogP contribution is 2.29. The number of aliphatic hydroxyl groups excluding tert-OH is 1. The lowest BCUT2D eigenvalue weighted by Gasteiger charge is -2.29. The summed E-state index contributed by atoms with van der Waals surface area (Å²) < 4.78 is 30.9. The summed E-state index contributed by atoms with van der Waals surface area (Å²) in [7, 11) is 3.73. The Morgan fingerprint density at radius 1 is 1.18 bits per heavy atom. The predicted octanol–water partition coefficient (Wildman–Crippen LogP) is 3.17. The van der Waals surface area contributed by atoms with Crippen molar-refractivity contribution in [2.75, 3.05) is 33.8 Å². The van der Waals surface area contributed by atoms with Crippen molar-refractivity contribution in [2.45, 2.75) is 31.9 Å². The molecule has 10 nitrogen and oxygen atoms in total. The summed E-state index contributed by atoms with van der Waals surface area (Å²) >= 11 is 0. The summed E-state index contributed by atoms with van der Waals surface area (Å²) in [6.45, 7) is 2.48. The van der Waals surface area contributed by atoms with Gasteiger partial charge in [0.15, 0.2) is 5.75 Å². The number of nitrogens with one attached hydrogen (secondary N) is 1. The summed E-state index contributed by atoms with van der Waals surface area (Å²) in [6.07, 6.45) is 6.65. The molecule has 0 radical (unpaired) electrons. The van der Waals surface area contributed by atoms with Crippen molar-refractivity contribution < 1.29 is 33.2 Å². The number of carbonyl (C=O) groups is 2. The minimum absolute atomic E-state index is 0.0275. The lowest BCUT2D eigenvalue weighted by atomic mass is 10.0. The number of amides is 1. The number of hydrogen-bond acceptors (Lipinski definition) is 8. The number of rotatable bonds is 10. The fraction of sp³-hybridized carbons (Fsp3) is 0.370. The Morgan fingerprint density at radius 3 is 2.51 bits per heavy atom. The first-order chi connectivity index (χ1) is 18.8. The molecule has 4 rings (SSSR count). The van der Waals surface area contributed by atoms with Crippen LogP contribution in [0.4, 0.5) is 8.96 Å². The number of ether oxygens (including phenoxy) is 1. The zero-order chi connectivity index (χ0) is 28.2. The molecule has 12 heteroatoms. The van der Waals surface area contributed by atoms with Crippen LogP contribution >= 0.6 is 0 Å². The van der Waals surface area contributed by atoms with Gasteiger partial charge in [-0.2, -0.15) is 5.10 Å². The molecular formula is C27H33F2N5O5. The monoisotopic (exact) mass is 545 g/mol. The number of aromatic nitrogens is 2. The van der Waals surface area contributed by atoms with Gasteiger partial charge in [0.1, 0.15) is 18.1 Å². The highest BCUT2D eigenvalue weighted by molar-refractivity contribution is 5.98. The summed E-state index contributed by atoms with van der Waals surface area (Å²) in [5.41, 5.74) is 1.69. The molecule has 210 valence electrons. The topological polar surface area (TPSA) is 109 Å². The summed E-state index contributed by atoms with van der Waals surface area (Å²) in [6, 6.07) is 11.5. The number of nitrogens with zero attached hydrogens (tertiary/aromatic N) is 4. The van der Waals surface area contributed by atoms with Gasteiger partial charge in [0, 0.05) is 38.3 Å². The van der Waals surface area contributed by atoms with Crippen molar-refractivity contribution in [3.05, 3.63) is 66.0 Å². The molecule has 2 heterocycles. The summed E-state index contributed by atoms with van der Waals surface area (Å²) in [5, 5.41) is 15.9. The predicted molar refractivity (Wildman–Crippen MR) is 140 cm³/mol. The highest BCUT2D eigenvalue weighted by atomic mass is 19.4. The largest absolute Gasteiger partial charge is 0.489 e. The molecule has 1 saturated heterocycles. The van der Waals surface area contributed by atoms with E-state index >= 15 is 0 Å². The van der Waals surface area contributed by atoms with Crippen LogP contribution in [0.2, 0.25) is 0 Å². The highest BCUT2D eigenvalue weighted by Gasteiger charge is 2.21. The number of halogens is 2. The van der Waals surface area contributed by atoms with Crippen molar-refractivity contribution in [1.82, 2.24) is 25.5 Å². The van der Waals surface area contributed by atoms with Crippen LogP contribution < -0.4 is 14.9 Å². The van der Waals surface area contributed by atoms with Crippen molar-refractivity contribution in [2.24, 2.45) is 0 Å². The molecule has 1 aliphatic rings. The summed E-state index contributed by atoms with van der Waals surface area (Å²) in [5.74, 6) is 0.475. The second-order valence-corrected chi connectivity index (χ2v) is 8.93. The van der Waals surface area contributed by atoms with Gasteiger partial charge in [0.2, 0.25) is 5.51 Å². The van der Waals surface area contributed by atoms with E-state index in [2.05, 4.69) is 27.2 Å². The Bertz CT molecular complexity index is 1200. The molecule has 0 bridgehead atoms. The third kappa shape index (κ3) is 9.13. The number of benzene rings is 2. The molecular weight excluding hydrogens is 512 g/mol. The average Bonchev–Trinajstić information content (AvgIpc) is 3.40. The fourth-order valence-electron chi connectivity index (χ4n) is 4.01. The minimum Gasteiger partial charge on any atom is -0.489 e. The Labute approximate surface area is 225 Å². The molecule has 2 aromatic carbocycles. The zero-order valence-electron chi connectivity index (χ0n) is 21.9. The van der Waals surface area contributed by atoms with Crippen LogP contribution in [-0.4, -0.2) is 77.4 Å². The van der Waals surface area contributed by atoms with Gasteiger partial charge in [0.25, 0.3) is 5.91 Å². The van der Waals surface area contributed by atoms with Crippen LogP contribution in [0.25, 0.3) is 11.1 Å². The number of hydrogen-bond donors (Lipinski definition) is 2. The third-order valence-corrected chi connectivity index (χ3v) is 6.12. The lowest BCUT2D eigenvalue weighted by molar-refractivity contribution is -0.337. The Kier molecular flexibility index (Phi) is 11.3. The molecule has 1 aromatic heterocycles. The number of piperidine rings is 1. The van der Waals surface area contributed by atoms with E-state index < -0.39 is 5.51 Å². The third-order valence-electron chi connectivity index (χ3n) is 6.12. The first-order valence-electron chi connectivity index (χ1n) is 12.5. The van der Waals surface area contributed by atoms with E-state index in [0.717, 1.165) is 48.9 Å². The first-order valence-corrected chi connectivity index (χ1v) is 12.5. The number of likely N-dealkylation sites (tertiary alicyclic amines) is 1. The van der Waals surface area contributed by atoms with E-state index in [4.69, 9.17) is 9.84 Å². The number of aldehydes is 1. The van der Waals surface area contributed by atoms with E-state index in [1.165, 1.54) is 12.1 Å². The Morgan fingerprint density at radius 2 is 1.90 bits per heavy atom. The molecule has 1 fully saturated rings. The van der Waals surface area contributed by atoms with Gasteiger partial charge in [0.05, 0.1) is 24.9 Å². The SMILES string of the molecule is CNC(=O)c1cc(-c2cnn(CCO)c2)ccc1OC1CCN(C)CC1.O=CCc1ccc(ON(F)F)cc1. The average molecular weight is 546 g/mol. The molecule has 0 saturated carbocycles. The van der Waals surface area contributed by atoms with E-state index in [-0.39, 0.29) is 30.8 Å². The minimum atomic E-state index is -1.38.